The zero-order valence-electron chi connectivity index (χ0n) is 12.0. The van der Waals surface area contributed by atoms with Crippen LogP contribution in [-0.4, -0.2) is 41.9 Å². The minimum Gasteiger partial charge on any atom is -0.488 e. The summed E-state index contributed by atoms with van der Waals surface area (Å²) in [5.41, 5.74) is 0.493. The number of rotatable bonds is 4. The fraction of sp³-hybridized carbons (Fsp3) is 0.467. The molecule has 2 unspecified atom stereocenters. The van der Waals surface area contributed by atoms with Crippen LogP contribution in [-0.2, 0) is 4.74 Å². The van der Waals surface area contributed by atoms with Crippen LogP contribution < -0.4 is 15.6 Å². The third-order valence-electron chi connectivity index (χ3n) is 3.67. The Morgan fingerprint density at radius 2 is 2.43 bits per heavy atom. The number of nitrogens with one attached hydrogen (secondary N) is 2. The molecule has 21 heavy (non-hydrogen) atoms. The molecule has 112 valence electrons. The van der Waals surface area contributed by atoms with Crippen molar-refractivity contribution in [2.75, 3.05) is 19.7 Å². The molecular weight excluding hydrogens is 270 g/mol. The maximum absolute atomic E-state index is 11.7. The molecule has 1 aromatic carbocycles. The van der Waals surface area contributed by atoms with Crippen molar-refractivity contribution >= 4 is 10.9 Å². The molecule has 1 fully saturated rings. The molecule has 0 amide bonds. The minimum atomic E-state index is -0.140. The molecule has 0 aliphatic carbocycles. The van der Waals surface area contributed by atoms with Gasteiger partial charge in [0.05, 0.1) is 23.8 Å². The highest BCUT2D eigenvalue weighted by atomic mass is 16.5. The van der Waals surface area contributed by atoms with Gasteiger partial charge in [-0.25, -0.2) is 4.98 Å². The van der Waals surface area contributed by atoms with Gasteiger partial charge in [-0.05, 0) is 18.6 Å². The molecule has 2 heterocycles. The maximum Gasteiger partial charge on any atom is 0.258 e. The molecule has 2 aromatic rings. The van der Waals surface area contributed by atoms with E-state index in [9.17, 15) is 4.79 Å². The number of benzene rings is 1. The average molecular weight is 289 g/mol. The van der Waals surface area contributed by atoms with Crippen LogP contribution in [0.15, 0.2) is 29.3 Å². The van der Waals surface area contributed by atoms with Gasteiger partial charge in [0.1, 0.15) is 18.0 Å². The van der Waals surface area contributed by atoms with Crippen molar-refractivity contribution < 1.29 is 9.47 Å². The Morgan fingerprint density at radius 3 is 3.19 bits per heavy atom. The van der Waals surface area contributed by atoms with E-state index in [1.54, 1.807) is 18.2 Å². The molecule has 1 aromatic heterocycles. The summed E-state index contributed by atoms with van der Waals surface area (Å²) in [6, 6.07) is 5.34. The summed E-state index contributed by atoms with van der Waals surface area (Å²) in [7, 11) is 0. The third-order valence-corrected chi connectivity index (χ3v) is 3.67. The average Bonchev–Trinajstić information content (AvgIpc) is 2.53. The van der Waals surface area contributed by atoms with Crippen LogP contribution in [0.3, 0.4) is 0 Å². The first-order valence-electron chi connectivity index (χ1n) is 7.24. The van der Waals surface area contributed by atoms with Crippen LogP contribution in [0.2, 0.25) is 0 Å². The molecule has 2 atom stereocenters. The summed E-state index contributed by atoms with van der Waals surface area (Å²) < 4.78 is 11.8. The van der Waals surface area contributed by atoms with Gasteiger partial charge in [0, 0.05) is 19.2 Å². The molecule has 0 spiro atoms. The molecule has 1 saturated heterocycles. The van der Waals surface area contributed by atoms with Gasteiger partial charge >= 0.3 is 0 Å². The Hall–Kier alpha value is -1.92. The number of morpholine rings is 1. The van der Waals surface area contributed by atoms with Gasteiger partial charge in [-0.1, -0.05) is 6.92 Å². The molecule has 0 bridgehead atoms. The van der Waals surface area contributed by atoms with E-state index in [2.05, 4.69) is 22.2 Å². The number of aromatic amines is 1. The summed E-state index contributed by atoms with van der Waals surface area (Å²) in [6.07, 6.45) is 2.29. The fourth-order valence-corrected chi connectivity index (χ4v) is 2.54. The van der Waals surface area contributed by atoms with Crippen molar-refractivity contribution in [2.45, 2.75) is 25.6 Å². The second kappa shape index (κ2) is 6.24. The van der Waals surface area contributed by atoms with Crippen molar-refractivity contribution in [1.82, 2.24) is 15.3 Å². The minimum absolute atomic E-state index is 0.0164. The van der Waals surface area contributed by atoms with Gasteiger partial charge in [0.15, 0.2) is 0 Å². The Balaban J connectivity index is 1.81. The molecule has 1 aliphatic rings. The lowest BCUT2D eigenvalue weighted by atomic mass is 10.1. The summed E-state index contributed by atoms with van der Waals surface area (Å²) >= 11 is 0. The highest BCUT2D eigenvalue weighted by Crippen LogP contribution is 2.20. The van der Waals surface area contributed by atoms with E-state index < -0.39 is 0 Å². The van der Waals surface area contributed by atoms with Crippen LogP contribution in [0, 0.1) is 0 Å². The second-order valence-electron chi connectivity index (χ2n) is 5.09. The molecule has 6 heteroatoms. The number of hydrogen-bond acceptors (Lipinski definition) is 5. The van der Waals surface area contributed by atoms with Gasteiger partial charge < -0.3 is 19.8 Å². The zero-order chi connectivity index (χ0) is 14.7. The van der Waals surface area contributed by atoms with E-state index in [4.69, 9.17) is 9.47 Å². The first kappa shape index (κ1) is 14.0. The quantitative estimate of drug-likeness (QED) is 0.880. The predicted octanol–water partition coefficient (Wildman–Crippen LogP) is 1.07. The van der Waals surface area contributed by atoms with Gasteiger partial charge in [-0.15, -0.1) is 0 Å². The zero-order valence-corrected chi connectivity index (χ0v) is 12.0. The SMILES string of the molecule is CCC(Oc1ccc2c(=O)[nH]cnc2c1)C1CNCCO1. The van der Waals surface area contributed by atoms with Crippen LogP contribution in [0.4, 0.5) is 0 Å². The smallest absolute Gasteiger partial charge is 0.258 e. The highest BCUT2D eigenvalue weighted by Gasteiger charge is 2.24. The van der Waals surface area contributed by atoms with E-state index in [0.717, 1.165) is 19.5 Å². The first-order chi connectivity index (χ1) is 10.3. The van der Waals surface area contributed by atoms with E-state index >= 15 is 0 Å². The Labute approximate surface area is 122 Å². The fourth-order valence-electron chi connectivity index (χ4n) is 2.54. The predicted molar refractivity (Wildman–Crippen MR) is 79.7 cm³/mol. The highest BCUT2D eigenvalue weighted by molar-refractivity contribution is 5.78. The van der Waals surface area contributed by atoms with Crippen molar-refractivity contribution in [2.24, 2.45) is 0 Å². The van der Waals surface area contributed by atoms with Crippen LogP contribution >= 0.6 is 0 Å². The van der Waals surface area contributed by atoms with Crippen molar-refractivity contribution in [3.8, 4) is 5.75 Å². The largest absolute Gasteiger partial charge is 0.488 e. The van der Waals surface area contributed by atoms with Crippen molar-refractivity contribution in [1.29, 1.82) is 0 Å². The molecule has 0 saturated carbocycles. The standard InChI is InChI=1S/C15H19N3O3/c1-2-13(14-8-16-5-6-20-14)21-10-3-4-11-12(7-10)17-9-18-15(11)19/h3-4,7,9,13-14,16H,2,5-6,8H2,1H3,(H,17,18,19). The molecule has 0 radical (unpaired) electrons. The third kappa shape index (κ3) is 3.06. The lowest BCUT2D eigenvalue weighted by molar-refractivity contribution is -0.0427. The van der Waals surface area contributed by atoms with Gasteiger partial charge in [-0.2, -0.15) is 0 Å². The van der Waals surface area contributed by atoms with E-state index in [0.29, 0.717) is 23.3 Å². The number of fused-ring (bicyclic) bond motifs is 1. The molecule has 6 nitrogen and oxygen atoms in total. The summed E-state index contributed by atoms with van der Waals surface area (Å²) in [5.74, 6) is 0.710. The van der Waals surface area contributed by atoms with E-state index in [-0.39, 0.29) is 17.8 Å². The molecule has 1 aliphatic heterocycles. The first-order valence-corrected chi connectivity index (χ1v) is 7.24. The normalized spacial score (nSPS) is 20.3. The summed E-state index contributed by atoms with van der Waals surface area (Å²) in [6.45, 7) is 4.46. The van der Waals surface area contributed by atoms with Gasteiger partial charge in [-0.3, -0.25) is 4.79 Å². The maximum atomic E-state index is 11.7. The molecular formula is C15H19N3O3. The van der Waals surface area contributed by atoms with Crippen molar-refractivity contribution in [3.63, 3.8) is 0 Å². The molecule has 2 N–H and O–H groups in total. The number of aromatic nitrogens is 2. The lowest BCUT2D eigenvalue weighted by Gasteiger charge is -2.30. The van der Waals surface area contributed by atoms with Crippen LogP contribution in [0.1, 0.15) is 13.3 Å². The molecule has 3 rings (SSSR count). The Kier molecular flexibility index (Phi) is 4.17. The van der Waals surface area contributed by atoms with Gasteiger partial charge in [0.25, 0.3) is 5.56 Å². The topological polar surface area (TPSA) is 76.2 Å². The summed E-state index contributed by atoms with van der Waals surface area (Å²) in [5, 5.41) is 3.87. The summed E-state index contributed by atoms with van der Waals surface area (Å²) in [4.78, 5) is 18.4. The number of nitrogens with zero attached hydrogens (tertiary/aromatic N) is 1. The van der Waals surface area contributed by atoms with E-state index in [1.807, 2.05) is 0 Å². The van der Waals surface area contributed by atoms with Crippen LogP contribution in [0.5, 0.6) is 5.75 Å². The number of ether oxygens (including phenoxy) is 2. The lowest BCUT2D eigenvalue weighted by Crippen LogP contribution is -2.47. The monoisotopic (exact) mass is 289 g/mol. The Morgan fingerprint density at radius 1 is 1.52 bits per heavy atom. The number of H-pyrrole nitrogens is 1. The van der Waals surface area contributed by atoms with E-state index in [1.165, 1.54) is 6.33 Å². The van der Waals surface area contributed by atoms with Crippen molar-refractivity contribution in [3.05, 3.63) is 34.9 Å². The van der Waals surface area contributed by atoms with Gasteiger partial charge in [0.2, 0.25) is 0 Å². The number of hydrogen-bond donors (Lipinski definition) is 2. The van der Waals surface area contributed by atoms with Crippen LogP contribution in [0.25, 0.3) is 10.9 Å². The Bertz CT molecular complexity index is 665. The second-order valence-corrected chi connectivity index (χ2v) is 5.09.